The number of benzene rings is 2. The Labute approximate surface area is 218 Å². The molecule has 0 radical (unpaired) electrons. The van der Waals surface area contributed by atoms with Gasteiger partial charge in [0.2, 0.25) is 0 Å². The molecule has 0 aliphatic carbocycles. The Bertz CT molecular complexity index is 1030. The monoisotopic (exact) mass is 488 g/mol. The van der Waals surface area contributed by atoms with Gasteiger partial charge in [0.05, 0.1) is 36.3 Å². The van der Waals surface area contributed by atoms with E-state index in [0.717, 1.165) is 59.8 Å². The first-order valence-electron chi connectivity index (χ1n) is 14.1. The number of unbranched alkanes of at least 4 members (excludes halogenated alkanes) is 10. The summed E-state index contributed by atoms with van der Waals surface area (Å²) in [6.45, 7) is 6.04. The number of nitrogens with zero attached hydrogens (tertiary/aromatic N) is 2. The Morgan fingerprint density at radius 2 is 1.22 bits per heavy atom. The number of pyridine rings is 1. The normalized spacial score (nSPS) is 11.4. The molecule has 0 aliphatic heterocycles. The Morgan fingerprint density at radius 1 is 0.639 bits per heavy atom. The van der Waals surface area contributed by atoms with Gasteiger partial charge in [0.15, 0.2) is 0 Å². The summed E-state index contributed by atoms with van der Waals surface area (Å²) in [6, 6.07) is 18.1. The van der Waals surface area contributed by atoms with Gasteiger partial charge in [-0.05, 0) is 61.4 Å². The highest BCUT2D eigenvalue weighted by atomic mass is 16.5. The molecule has 0 spiro atoms. The van der Waals surface area contributed by atoms with Crippen LogP contribution in [0.15, 0.2) is 59.6 Å². The summed E-state index contributed by atoms with van der Waals surface area (Å²) in [5.41, 5.74) is 2.68. The third-order valence-corrected chi connectivity index (χ3v) is 6.40. The molecule has 36 heavy (non-hydrogen) atoms. The zero-order valence-corrected chi connectivity index (χ0v) is 22.4. The summed E-state index contributed by atoms with van der Waals surface area (Å²) in [5.74, 6) is 1.82. The zero-order chi connectivity index (χ0) is 25.3. The molecule has 4 heteroatoms. The number of rotatable bonds is 18. The lowest BCUT2D eigenvalue weighted by Gasteiger charge is -2.08. The summed E-state index contributed by atoms with van der Waals surface area (Å²) >= 11 is 0. The van der Waals surface area contributed by atoms with E-state index >= 15 is 0 Å². The van der Waals surface area contributed by atoms with E-state index in [9.17, 15) is 0 Å². The number of hydrogen-bond donors (Lipinski definition) is 0. The minimum Gasteiger partial charge on any atom is -0.494 e. The molecular formula is C32H44N2O2. The summed E-state index contributed by atoms with van der Waals surface area (Å²) < 4.78 is 11.8. The van der Waals surface area contributed by atoms with Crippen molar-refractivity contribution in [1.82, 2.24) is 4.98 Å². The van der Waals surface area contributed by atoms with Gasteiger partial charge in [-0.25, -0.2) is 4.98 Å². The molecule has 0 saturated carbocycles. The molecule has 1 aromatic heterocycles. The average Bonchev–Trinajstić information content (AvgIpc) is 2.91. The van der Waals surface area contributed by atoms with Crippen LogP contribution in [0.5, 0.6) is 11.5 Å². The number of aromatic nitrogens is 1. The molecule has 2 aromatic carbocycles. The van der Waals surface area contributed by atoms with Crippen molar-refractivity contribution in [3.63, 3.8) is 0 Å². The van der Waals surface area contributed by atoms with E-state index in [0.29, 0.717) is 0 Å². The molecule has 0 fully saturated rings. The molecular weight excluding hydrogens is 444 g/mol. The molecule has 0 amide bonds. The fraction of sp³-hybridized carbons (Fsp3) is 0.500. The lowest BCUT2D eigenvalue weighted by molar-refractivity contribution is 0.304. The standard InChI is InChI=1S/C32H44N2O2/c1-3-5-7-9-10-11-12-14-24-36-31-21-22-32-27(25-31)15-16-29(34-32)26-33-28-17-19-30(20-18-28)35-23-13-8-6-4-2/h15-22,25-26H,3-14,23-24H2,1-2H3. The van der Waals surface area contributed by atoms with Gasteiger partial charge in [0.1, 0.15) is 11.5 Å². The maximum absolute atomic E-state index is 5.98. The third kappa shape index (κ3) is 10.4. The van der Waals surface area contributed by atoms with Crippen molar-refractivity contribution in [2.75, 3.05) is 13.2 Å². The summed E-state index contributed by atoms with van der Waals surface area (Å²) in [4.78, 5) is 9.32. The van der Waals surface area contributed by atoms with Gasteiger partial charge in [-0.1, -0.05) is 84.1 Å². The minimum absolute atomic E-state index is 0.773. The molecule has 0 bridgehead atoms. The molecule has 0 atom stereocenters. The van der Waals surface area contributed by atoms with Crippen molar-refractivity contribution in [3.05, 3.63) is 60.3 Å². The van der Waals surface area contributed by atoms with Crippen LogP contribution in [0.3, 0.4) is 0 Å². The number of fused-ring (bicyclic) bond motifs is 1. The Morgan fingerprint density at radius 3 is 1.92 bits per heavy atom. The zero-order valence-electron chi connectivity index (χ0n) is 22.4. The molecule has 4 nitrogen and oxygen atoms in total. The molecule has 3 rings (SSSR count). The van der Waals surface area contributed by atoms with E-state index in [-0.39, 0.29) is 0 Å². The Kier molecular flexibility index (Phi) is 12.9. The van der Waals surface area contributed by atoms with E-state index in [4.69, 9.17) is 14.5 Å². The van der Waals surface area contributed by atoms with E-state index < -0.39 is 0 Å². The molecule has 194 valence electrons. The Hall–Kier alpha value is -2.88. The van der Waals surface area contributed by atoms with Gasteiger partial charge in [-0.2, -0.15) is 0 Å². The highest BCUT2D eigenvalue weighted by Crippen LogP contribution is 2.21. The van der Waals surface area contributed by atoms with Crippen molar-refractivity contribution < 1.29 is 9.47 Å². The lowest BCUT2D eigenvalue weighted by Crippen LogP contribution is -1.97. The van der Waals surface area contributed by atoms with Gasteiger partial charge < -0.3 is 9.47 Å². The maximum Gasteiger partial charge on any atom is 0.120 e. The van der Waals surface area contributed by atoms with Crippen molar-refractivity contribution in [2.24, 2.45) is 4.99 Å². The van der Waals surface area contributed by atoms with Gasteiger partial charge >= 0.3 is 0 Å². The van der Waals surface area contributed by atoms with Crippen LogP contribution in [0.1, 0.15) is 96.6 Å². The molecule has 3 aromatic rings. The molecule has 0 saturated heterocycles. The van der Waals surface area contributed by atoms with E-state index in [1.807, 2.05) is 48.7 Å². The van der Waals surface area contributed by atoms with Gasteiger partial charge in [-0.15, -0.1) is 0 Å². The molecule has 1 heterocycles. The smallest absolute Gasteiger partial charge is 0.120 e. The Balaban J connectivity index is 1.42. The van der Waals surface area contributed by atoms with Crippen LogP contribution in [0.25, 0.3) is 10.9 Å². The van der Waals surface area contributed by atoms with Crippen LogP contribution < -0.4 is 9.47 Å². The van der Waals surface area contributed by atoms with Crippen molar-refractivity contribution in [2.45, 2.75) is 90.9 Å². The van der Waals surface area contributed by atoms with Crippen LogP contribution in [0.4, 0.5) is 5.69 Å². The van der Waals surface area contributed by atoms with Crippen LogP contribution in [-0.2, 0) is 0 Å². The second kappa shape index (κ2) is 16.7. The number of hydrogen-bond acceptors (Lipinski definition) is 4. The van der Waals surface area contributed by atoms with Gasteiger partial charge in [0, 0.05) is 5.39 Å². The second-order valence-corrected chi connectivity index (χ2v) is 9.58. The van der Waals surface area contributed by atoms with Crippen LogP contribution >= 0.6 is 0 Å². The predicted molar refractivity (Wildman–Crippen MR) is 153 cm³/mol. The predicted octanol–water partition coefficient (Wildman–Crippen LogP) is 9.46. The van der Waals surface area contributed by atoms with Crippen molar-refractivity contribution >= 4 is 22.8 Å². The first-order chi connectivity index (χ1) is 17.8. The number of aliphatic imine (C=N–C) groups is 1. The maximum atomic E-state index is 5.98. The first-order valence-corrected chi connectivity index (χ1v) is 14.1. The highest BCUT2D eigenvalue weighted by Gasteiger charge is 2.01. The fourth-order valence-electron chi connectivity index (χ4n) is 4.20. The SMILES string of the molecule is CCCCCCCCCCOc1ccc2nc(C=Nc3ccc(OCCCCCC)cc3)ccc2c1. The summed E-state index contributed by atoms with van der Waals surface area (Å²) in [6.07, 6.45) is 17.1. The molecule has 0 aliphatic rings. The topological polar surface area (TPSA) is 43.7 Å². The molecule has 0 unspecified atom stereocenters. The van der Waals surface area contributed by atoms with Gasteiger partial charge in [-0.3, -0.25) is 4.99 Å². The number of ether oxygens (including phenoxy) is 2. The second-order valence-electron chi connectivity index (χ2n) is 9.58. The van der Waals surface area contributed by atoms with Crippen molar-refractivity contribution in [3.8, 4) is 11.5 Å². The van der Waals surface area contributed by atoms with Crippen LogP contribution in [-0.4, -0.2) is 24.4 Å². The van der Waals surface area contributed by atoms with Crippen LogP contribution in [0.2, 0.25) is 0 Å². The van der Waals surface area contributed by atoms with Gasteiger partial charge in [0.25, 0.3) is 0 Å². The van der Waals surface area contributed by atoms with E-state index in [1.54, 1.807) is 0 Å². The fourth-order valence-corrected chi connectivity index (χ4v) is 4.20. The molecule has 0 N–H and O–H groups in total. The minimum atomic E-state index is 0.773. The summed E-state index contributed by atoms with van der Waals surface area (Å²) in [7, 11) is 0. The van der Waals surface area contributed by atoms with E-state index in [1.165, 1.54) is 64.2 Å². The largest absolute Gasteiger partial charge is 0.494 e. The summed E-state index contributed by atoms with van der Waals surface area (Å²) in [5, 5.41) is 1.08. The quantitative estimate of drug-likeness (QED) is 0.132. The third-order valence-electron chi connectivity index (χ3n) is 6.40. The van der Waals surface area contributed by atoms with Crippen molar-refractivity contribution in [1.29, 1.82) is 0 Å². The highest BCUT2D eigenvalue weighted by molar-refractivity contribution is 5.86. The first kappa shape index (κ1) is 27.7. The average molecular weight is 489 g/mol. The van der Waals surface area contributed by atoms with E-state index in [2.05, 4.69) is 31.0 Å². The lowest BCUT2D eigenvalue weighted by atomic mass is 10.1. The van der Waals surface area contributed by atoms with Crippen LogP contribution in [0, 0.1) is 0 Å².